The molecule has 31 heavy (non-hydrogen) atoms. The van der Waals surface area contributed by atoms with Crippen molar-refractivity contribution in [2.45, 2.75) is 39.5 Å². The van der Waals surface area contributed by atoms with Crippen LogP contribution in [0.3, 0.4) is 0 Å². The highest BCUT2D eigenvalue weighted by Gasteiger charge is 2.09. The molecule has 162 valence electrons. The van der Waals surface area contributed by atoms with E-state index >= 15 is 0 Å². The molecule has 0 fully saturated rings. The second-order valence-corrected chi connectivity index (χ2v) is 7.63. The zero-order valence-corrected chi connectivity index (χ0v) is 18.1. The Morgan fingerprint density at radius 2 is 1.35 bits per heavy atom. The summed E-state index contributed by atoms with van der Waals surface area (Å²) in [7, 11) is 0. The lowest BCUT2D eigenvalue weighted by Crippen LogP contribution is -2.40. The Hall–Kier alpha value is -3.47. The van der Waals surface area contributed by atoms with Gasteiger partial charge in [0.15, 0.2) is 11.5 Å². The maximum absolute atomic E-state index is 11.8. The summed E-state index contributed by atoms with van der Waals surface area (Å²) in [4.78, 5) is 11.8. The van der Waals surface area contributed by atoms with Crippen molar-refractivity contribution in [3.8, 4) is 11.5 Å². The summed E-state index contributed by atoms with van der Waals surface area (Å²) < 4.78 is 12.2. The molecule has 3 aromatic carbocycles. The van der Waals surface area contributed by atoms with Crippen LogP contribution < -0.4 is 20.1 Å². The first-order valence-corrected chi connectivity index (χ1v) is 10.6. The van der Waals surface area contributed by atoms with E-state index in [0.717, 1.165) is 16.7 Å². The van der Waals surface area contributed by atoms with Gasteiger partial charge in [-0.2, -0.15) is 0 Å². The highest BCUT2D eigenvalue weighted by Crippen LogP contribution is 2.30. The second kappa shape index (κ2) is 11.6. The summed E-state index contributed by atoms with van der Waals surface area (Å²) in [6, 6.07) is 26.0. The number of carbonyl (C=O) groups is 1. The molecule has 0 atom stereocenters. The Labute approximate surface area is 184 Å². The number of hydrogen-bond acceptors (Lipinski definition) is 3. The number of benzene rings is 3. The summed E-state index contributed by atoms with van der Waals surface area (Å²) in [6.45, 7) is 5.34. The van der Waals surface area contributed by atoms with Gasteiger partial charge >= 0.3 is 6.03 Å². The zero-order valence-electron chi connectivity index (χ0n) is 18.1. The van der Waals surface area contributed by atoms with Crippen LogP contribution in [0.15, 0.2) is 78.9 Å². The topological polar surface area (TPSA) is 59.6 Å². The molecule has 0 saturated carbocycles. The zero-order chi connectivity index (χ0) is 21.9. The van der Waals surface area contributed by atoms with Crippen LogP contribution in [0.1, 0.15) is 30.5 Å². The quantitative estimate of drug-likeness (QED) is 0.482. The number of ether oxygens (including phenoxy) is 2. The summed E-state index contributed by atoms with van der Waals surface area (Å²) in [5.74, 6) is 1.40. The van der Waals surface area contributed by atoms with E-state index in [2.05, 4.69) is 10.6 Å². The normalized spacial score (nSPS) is 10.5. The van der Waals surface area contributed by atoms with Crippen LogP contribution in [0.2, 0.25) is 0 Å². The molecule has 0 saturated heterocycles. The molecule has 0 spiro atoms. The van der Waals surface area contributed by atoms with Gasteiger partial charge in [-0.1, -0.05) is 66.7 Å². The second-order valence-electron chi connectivity index (χ2n) is 7.63. The molecule has 0 aliphatic heterocycles. The fourth-order valence-electron chi connectivity index (χ4n) is 3.04. The fourth-order valence-corrected chi connectivity index (χ4v) is 3.04. The lowest BCUT2D eigenvalue weighted by molar-refractivity contribution is 0.238. The van der Waals surface area contributed by atoms with Gasteiger partial charge in [-0.3, -0.25) is 0 Å². The Morgan fingerprint density at radius 1 is 0.774 bits per heavy atom. The van der Waals surface area contributed by atoms with Crippen molar-refractivity contribution in [3.05, 3.63) is 95.6 Å². The van der Waals surface area contributed by atoms with Gasteiger partial charge in [-0.25, -0.2) is 4.79 Å². The van der Waals surface area contributed by atoms with Crippen molar-refractivity contribution >= 4 is 6.03 Å². The molecule has 5 heteroatoms. The Kier molecular flexibility index (Phi) is 8.35. The van der Waals surface area contributed by atoms with Crippen LogP contribution in [-0.4, -0.2) is 18.6 Å². The first kappa shape index (κ1) is 22.2. The van der Waals surface area contributed by atoms with Crippen molar-refractivity contribution in [1.29, 1.82) is 0 Å². The van der Waals surface area contributed by atoms with E-state index in [4.69, 9.17) is 9.47 Å². The van der Waals surface area contributed by atoms with Crippen molar-refractivity contribution in [1.82, 2.24) is 10.6 Å². The Balaban J connectivity index is 1.65. The molecule has 0 unspecified atom stereocenters. The predicted octanol–water partition coefficient (Wildman–Crippen LogP) is 5.09. The average molecular weight is 419 g/mol. The average Bonchev–Trinajstić information content (AvgIpc) is 2.78. The van der Waals surface area contributed by atoms with Gasteiger partial charge in [0.1, 0.15) is 13.2 Å². The predicted molar refractivity (Wildman–Crippen MR) is 123 cm³/mol. The van der Waals surface area contributed by atoms with E-state index in [1.54, 1.807) is 0 Å². The maximum Gasteiger partial charge on any atom is 0.314 e. The molecule has 2 amide bonds. The molecule has 0 radical (unpaired) electrons. The van der Waals surface area contributed by atoms with Crippen molar-refractivity contribution in [2.24, 2.45) is 0 Å². The molecular formula is C26H30N2O3. The Morgan fingerprint density at radius 3 is 1.94 bits per heavy atom. The minimum Gasteiger partial charge on any atom is -0.485 e. The van der Waals surface area contributed by atoms with E-state index < -0.39 is 0 Å². The van der Waals surface area contributed by atoms with E-state index in [1.807, 2.05) is 92.7 Å². The van der Waals surface area contributed by atoms with Crippen LogP contribution in [0.25, 0.3) is 0 Å². The van der Waals surface area contributed by atoms with Gasteiger partial charge in [-0.05, 0) is 49.1 Å². The minimum absolute atomic E-state index is 0.110. The van der Waals surface area contributed by atoms with Crippen LogP contribution >= 0.6 is 0 Å². The van der Waals surface area contributed by atoms with Gasteiger partial charge < -0.3 is 20.1 Å². The summed E-state index contributed by atoms with van der Waals surface area (Å²) in [5, 5.41) is 5.70. The van der Waals surface area contributed by atoms with Gasteiger partial charge in [-0.15, -0.1) is 0 Å². The maximum atomic E-state index is 11.8. The third kappa shape index (κ3) is 7.70. The SMILES string of the molecule is CC(C)NC(=O)NCCc1ccc(OCc2ccccc2)c(OCc2ccccc2)c1. The first-order chi connectivity index (χ1) is 15.1. The monoisotopic (exact) mass is 418 g/mol. The van der Waals surface area contributed by atoms with E-state index in [0.29, 0.717) is 37.7 Å². The molecule has 0 aliphatic carbocycles. The summed E-state index contributed by atoms with van der Waals surface area (Å²) in [6.07, 6.45) is 0.701. The van der Waals surface area contributed by atoms with Gasteiger partial charge in [0.05, 0.1) is 0 Å². The number of carbonyl (C=O) groups excluding carboxylic acids is 1. The first-order valence-electron chi connectivity index (χ1n) is 10.6. The highest BCUT2D eigenvalue weighted by atomic mass is 16.5. The van der Waals surface area contributed by atoms with Crippen LogP contribution in [-0.2, 0) is 19.6 Å². The smallest absolute Gasteiger partial charge is 0.314 e. The van der Waals surface area contributed by atoms with Crippen LogP contribution in [0, 0.1) is 0 Å². The molecule has 0 aliphatic rings. The largest absolute Gasteiger partial charge is 0.485 e. The van der Waals surface area contributed by atoms with Crippen molar-refractivity contribution in [3.63, 3.8) is 0 Å². The van der Waals surface area contributed by atoms with Crippen LogP contribution in [0.5, 0.6) is 11.5 Å². The van der Waals surface area contributed by atoms with Crippen molar-refractivity contribution in [2.75, 3.05) is 6.54 Å². The number of urea groups is 1. The number of nitrogens with one attached hydrogen (secondary N) is 2. The van der Waals surface area contributed by atoms with Gasteiger partial charge in [0.25, 0.3) is 0 Å². The lowest BCUT2D eigenvalue weighted by atomic mass is 10.1. The molecule has 5 nitrogen and oxygen atoms in total. The third-order valence-corrected chi connectivity index (χ3v) is 4.60. The highest BCUT2D eigenvalue weighted by molar-refractivity contribution is 5.74. The standard InChI is InChI=1S/C26H30N2O3/c1-20(2)28-26(29)27-16-15-21-13-14-24(30-18-22-9-5-3-6-10-22)25(17-21)31-19-23-11-7-4-8-12-23/h3-14,17,20H,15-16,18-19H2,1-2H3,(H2,27,28,29). The molecule has 2 N–H and O–H groups in total. The van der Waals surface area contributed by atoms with Crippen molar-refractivity contribution < 1.29 is 14.3 Å². The molecule has 0 aromatic heterocycles. The summed E-state index contributed by atoms with van der Waals surface area (Å²) >= 11 is 0. The molecule has 0 bridgehead atoms. The number of amides is 2. The molecule has 3 aromatic rings. The molecular weight excluding hydrogens is 388 g/mol. The Bertz CT molecular complexity index is 943. The third-order valence-electron chi connectivity index (χ3n) is 4.60. The summed E-state index contributed by atoms with van der Waals surface area (Å²) in [5.41, 5.74) is 3.26. The minimum atomic E-state index is -0.154. The lowest BCUT2D eigenvalue weighted by Gasteiger charge is -2.15. The van der Waals surface area contributed by atoms with Gasteiger partial charge in [0.2, 0.25) is 0 Å². The number of hydrogen-bond donors (Lipinski definition) is 2. The van der Waals surface area contributed by atoms with E-state index in [1.165, 1.54) is 0 Å². The fraction of sp³-hybridized carbons (Fsp3) is 0.269. The molecule has 0 heterocycles. The van der Waals surface area contributed by atoms with Gasteiger partial charge in [0, 0.05) is 12.6 Å². The molecule has 3 rings (SSSR count). The number of rotatable bonds is 10. The van der Waals surface area contributed by atoms with E-state index in [-0.39, 0.29) is 12.1 Å². The van der Waals surface area contributed by atoms with Crippen LogP contribution in [0.4, 0.5) is 4.79 Å². The van der Waals surface area contributed by atoms with E-state index in [9.17, 15) is 4.79 Å².